The van der Waals surface area contributed by atoms with Crippen molar-refractivity contribution in [2.75, 3.05) is 0 Å². The van der Waals surface area contributed by atoms with Crippen LogP contribution in [0.5, 0.6) is 0 Å². The molecule has 2 fully saturated rings. The van der Waals surface area contributed by atoms with Gasteiger partial charge in [-0.05, 0) is 23.1 Å². The van der Waals surface area contributed by atoms with Crippen molar-refractivity contribution in [3.05, 3.63) is 108 Å². The maximum absolute atomic E-state index is 14.2. The van der Waals surface area contributed by atoms with Crippen molar-refractivity contribution in [1.82, 2.24) is 20.7 Å². The molecule has 180 valence electrons. The van der Waals surface area contributed by atoms with Gasteiger partial charge in [-0.3, -0.25) is 25.0 Å². The van der Waals surface area contributed by atoms with Crippen molar-refractivity contribution in [2.45, 2.75) is 24.3 Å². The number of amides is 7. The lowest BCUT2D eigenvalue weighted by Gasteiger charge is -2.46. The zero-order chi connectivity index (χ0) is 25.5. The Balaban J connectivity index is 1.77. The number of barbiturate groups is 1. The molecular weight excluding hydrogens is 460 g/mol. The van der Waals surface area contributed by atoms with E-state index < -0.39 is 40.7 Å². The van der Waals surface area contributed by atoms with Gasteiger partial charge in [0.15, 0.2) is 11.0 Å². The third-order valence-corrected chi connectivity index (χ3v) is 6.80. The van der Waals surface area contributed by atoms with E-state index in [1.54, 1.807) is 97.9 Å². The van der Waals surface area contributed by atoms with E-state index >= 15 is 0 Å². The van der Waals surface area contributed by atoms with Crippen LogP contribution in [0.15, 0.2) is 91.0 Å². The molecule has 0 radical (unpaired) electrons. The number of nitrogens with one attached hydrogen (secondary N) is 2. The molecule has 0 aliphatic carbocycles. The highest BCUT2D eigenvalue weighted by Gasteiger charge is 2.64. The van der Waals surface area contributed by atoms with E-state index in [0.29, 0.717) is 21.7 Å². The predicted molar refractivity (Wildman–Crippen MR) is 128 cm³/mol. The average molecular weight is 482 g/mol. The molecule has 2 aliphatic rings. The summed E-state index contributed by atoms with van der Waals surface area (Å²) in [5.41, 5.74) is -2.59. The Bertz CT molecular complexity index is 1340. The first-order chi connectivity index (χ1) is 17.4. The molecule has 5 rings (SSSR count). The molecule has 2 heterocycles. The fraction of sp³-hybridized carbons (Fsp3) is 0.148. The summed E-state index contributed by atoms with van der Waals surface area (Å²) in [4.78, 5) is 67.7. The number of benzene rings is 3. The Morgan fingerprint density at radius 2 is 1.06 bits per heavy atom. The summed E-state index contributed by atoms with van der Waals surface area (Å²) in [5.74, 6) is -2.45. The van der Waals surface area contributed by atoms with Gasteiger partial charge in [0.2, 0.25) is 5.91 Å². The first-order valence-electron chi connectivity index (χ1n) is 11.4. The second-order valence-electron chi connectivity index (χ2n) is 8.51. The fourth-order valence-electron chi connectivity index (χ4n) is 5.06. The van der Waals surface area contributed by atoms with Gasteiger partial charge in [0, 0.05) is 0 Å². The Morgan fingerprint density at radius 1 is 0.611 bits per heavy atom. The lowest BCUT2D eigenvalue weighted by Crippen LogP contribution is -2.72. The Morgan fingerprint density at radius 3 is 1.53 bits per heavy atom. The van der Waals surface area contributed by atoms with Crippen LogP contribution in [0.25, 0.3) is 0 Å². The number of hydrogen-bond acceptors (Lipinski definition) is 5. The van der Waals surface area contributed by atoms with Crippen LogP contribution in [-0.2, 0) is 25.3 Å². The van der Waals surface area contributed by atoms with E-state index in [1.807, 2.05) is 0 Å². The highest BCUT2D eigenvalue weighted by molar-refractivity contribution is 6.24. The van der Waals surface area contributed by atoms with E-state index in [9.17, 15) is 24.0 Å². The van der Waals surface area contributed by atoms with Gasteiger partial charge in [-0.2, -0.15) is 10.0 Å². The van der Waals surface area contributed by atoms with Gasteiger partial charge in [0.05, 0.1) is 0 Å². The molecule has 3 aromatic rings. The largest absolute Gasteiger partial charge is 0.350 e. The van der Waals surface area contributed by atoms with E-state index in [4.69, 9.17) is 0 Å². The molecular formula is C27H22N4O5. The van der Waals surface area contributed by atoms with Gasteiger partial charge in [0.1, 0.15) is 0 Å². The monoisotopic (exact) mass is 482 g/mol. The normalized spacial score (nSPS) is 21.4. The number of imide groups is 3. The topological polar surface area (TPSA) is 116 Å². The molecule has 9 nitrogen and oxygen atoms in total. The summed E-state index contributed by atoms with van der Waals surface area (Å²) in [6.07, 6.45) is 0.0124. The Hall–Kier alpha value is -4.79. The molecule has 36 heavy (non-hydrogen) atoms. The van der Waals surface area contributed by atoms with Gasteiger partial charge < -0.3 is 0 Å². The molecule has 0 bridgehead atoms. The number of hydrazine groups is 1. The van der Waals surface area contributed by atoms with Crippen molar-refractivity contribution in [1.29, 1.82) is 0 Å². The second-order valence-corrected chi connectivity index (χ2v) is 8.51. The standard InChI is InChI=1S/C27H22N4O5/c1-2-26(18-12-6-3-7-13-18)21(32)28-24(35)30(23(26)34)31-25(36)29-22(33)27(31,19-14-8-4-9-15-19)20-16-10-5-11-17-20/h3-17H,2H2,1H3,(H,28,32,35)(H,29,33,36)/t26-/m1/s1. The third kappa shape index (κ3) is 2.99. The summed E-state index contributed by atoms with van der Waals surface area (Å²) in [6, 6.07) is 23.1. The molecule has 2 saturated heterocycles. The molecule has 7 amide bonds. The van der Waals surface area contributed by atoms with E-state index in [1.165, 1.54) is 0 Å². The van der Waals surface area contributed by atoms with Gasteiger partial charge in [-0.15, -0.1) is 0 Å². The fourth-order valence-corrected chi connectivity index (χ4v) is 5.06. The van der Waals surface area contributed by atoms with Crippen molar-refractivity contribution in [3.63, 3.8) is 0 Å². The first-order valence-corrected chi connectivity index (χ1v) is 11.4. The summed E-state index contributed by atoms with van der Waals surface area (Å²) >= 11 is 0. The first kappa shape index (κ1) is 23.0. The summed E-state index contributed by atoms with van der Waals surface area (Å²) in [7, 11) is 0. The van der Waals surface area contributed by atoms with Crippen molar-refractivity contribution in [2.24, 2.45) is 0 Å². The minimum absolute atomic E-state index is 0.0124. The van der Waals surface area contributed by atoms with Gasteiger partial charge in [0.25, 0.3) is 11.8 Å². The molecule has 1 atom stereocenters. The maximum Gasteiger partial charge on any atom is 0.350 e. The van der Waals surface area contributed by atoms with Crippen LogP contribution in [-0.4, -0.2) is 39.8 Å². The van der Waals surface area contributed by atoms with E-state index in [2.05, 4.69) is 10.6 Å². The highest BCUT2D eigenvalue weighted by atomic mass is 16.2. The molecule has 0 saturated carbocycles. The molecule has 9 heteroatoms. The van der Waals surface area contributed by atoms with Crippen LogP contribution in [0.4, 0.5) is 9.59 Å². The predicted octanol–water partition coefficient (Wildman–Crippen LogP) is 2.82. The van der Waals surface area contributed by atoms with Crippen molar-refractivity contribution >= 4 is 29.8 Å². The summed E-state index contributed by atoms with van der Waals surface area (Å²) < 4.78 is 0. The summed E-state index contributed by atoms with van der Waals surface area (Å²) in [5, 5.41) is 5.95. The second kappa shape index (κ2) is 8.46. The Labute approximate surface area is 206 Å². The molecule has 0 unspecified atom stereocenters. The SMILES string of the molecule is CC[C@@]1(c2ccccc2)C(=O)NC(=O)N(N2C(=O)NC(=O)C2(c2ccccc2)c2ccccc2)C1=O. The number of carbonyl (C=O) groups is 5. The minimum atomic E-state index is -1.89. The van der Waals surface area contributed by atoms with Crippen LogP contribution < -0.4 is 10.6 Å². The number of rotatable bonds is 5. The molecule has 3 aromatic carbocycles. The van der Waals surface area contributed by atoms with Crippen LogP contribution >= 0.6 is 0 Å². The zero-order valence-corrected chi connectivity index (χ0v) is 19.3. The average Bonchev–Trinajstić information content (AvgIpc) is 3.16. The molecule has 2 aliphatic heterocycles. The number of urea groups is 2. The maximum atomic E-state index is 14.2. The third-order valence-electron chi connectivity index (χ3n) is 6.80. The lowest BCUT2D eigenvalue weighted by atomic mass is 9.75. The van der Waals surface area contributed by atoms with Crippen LogP contribution in [0.1, 0.15) is 30.0 Å². The van der Waals surface area contributed by atoms with E-state index in [0.717, 1.165) is 5.01 Å². The number of carbonyl (C=O) groups excluding carboxylic acids is 5. The van der Waals surface area contributed by atoms with Gasteiger partial charge in [-0.1, -0.05) is 97.9 Å². The van der Waals surface area contributed by atoms with E-state index in [-0.39, 0.29) is 6.42 Å². The number of nitrogens with zero attached hydrogens (tertiary/aromatic N) is 2. The van der Waals surface area contributed by atoms with Crippen molar-refractivity contribution in [3.8, 4) is 0 Å². The molecule has 0 aromatic heterocycles. The van der Waals surface area contributed by atoms with Gasteiger partial charge >= 0.3 is 12.1 Å². The minimum Gasteiger partial charge on any atom is -0.275 e. The molecule has 0 spiro atoms. The van der Waals surface area contributed by atoms with Crippen molar-refractivity contribution < 1.29 is 24.0 Å². The lowest BCUT2D eigenvalue weighted by molar-refractivity contribution is -0.158. The summed E-state index contributed by atoms with van der Waals surface area (Å²) in [6.45, 7) is 1.65. The number of hydrogen-bond donors (Lipinski definition) is 2. The zero-order valence-electron chi connectivity index (χ0n) is 19.3. The van der Waals surface area contributed by atoms with Crippen LogP contribution in [0.2, 0.25) is 0 Å². The molecule has 2 N–H and O–H groups in total. The van der Waals surface area contributed by atoms with Crippen LogP contribution in [0, 0.1) is 0 Å². The highest BCUT2D eigenvalue weighted by Crippen LogP contribution is 2.43. The quantitative estimate of drug-likeness (QED) is 0.429. The smallest absolute Gasteiger partial charge is 0.275 e. The van der Waals surface area contributed by atoms with Gasteiger partial charge in [-0.25, -0.2) is 9.59 Å². The van der Waals surface area contributed by atoms with Crippen LogP contribution in [0.3, 0.4) is 0 Å². The Kier molecular flexibility index (Phi) is 5.40.